The first kappa shape index (κ1) is 19.5. The van der Waals surface area contributed by atoms with Crippen molar-refractivity contribution in [1.82, 2.24) is 14.1 Å². The number of nitrogens with zero attached hydrogens (tertiary/aromatic N) is 2. The quantitative estimate of drug-likeness (QED) is 0.647. The van der Waals surface area contributed by atoms with Gasteiger partial charge in [-0.1, -0.05) is 18.2 Å². The van der Waals surface area contributed by atoms with Gasteiger partial charge in [0, 0.05) is 19.8 Å². The topological polar surface area (TPSA) is 121 Å². The maximum absolute atomic E-state index is 12.5. The highest BCUT2D eigenvalue weighted by Gasteiger charge is 2.18. The van der Waals surface area contributed by atoms with Gasteiger partial charge in [0.15, 0.2) is 0 Å². The molecular formula is C18H18N4O5S. The van der Waals surface area contributed by atoms with Crippen LogP contribution in [0.15, 0.2) is 63.0 Å². The van der Waals surface area contributed by atoms with Crippen LogP contribution < -0.4 is 16.4 Å². The summed E-state index contributed by atoms with van der Waals surface area (Å²) in [5, 5.41) is 5.35. The van der Waals surface area contributed by atoms with Gasteiger partial charge in [-0.3, -0.25) is 19.5 Å². The summed E-state index contributed by atoms with van der Waals surface area (Å²) in [6.45, 7) is -0.427. The molecule has 2 N–H and O–H groups in total. The molecule has 0 aliphatic carbocycles. The summed E-state index contributed by atoms with van der Waals surface area (Å²) in [6, 6.07) is 12.1. The van der Waals surface area contributed by atoms with Crippen molar-refractivity contribution in [2.24, 2.45) is 0 Å². The van der Waals surface area contributed by atoms with Crippen LogP contribution in [0.3, 0.4) is 0 Å². The van der Waals surface area contributed by atoms with Gasteiger partial charge in [-0.05, 0) is 30.3 Å². The first-order chi connectivity index (χ1) is 13.2. The molecule has 0 spiro atoms. The third-order valence-corrected chi connectivity index (χ3v) is 5.89. The number of hydrogen-bond acceptors (Lipinski definition) is 5. The number of sulfonamides is 1. The van der Waals surface area contributed by atoms with Gasteiger partial charge in [-0.2, -0.15) is 0 Å². The summed E-state index contributed by atoms with van der Waals surface area (Å²) in [5.41, 5.74) is -0.736. The Morgan fingerprint density at radius 3 is 2.43 bits per heavy atom. The fraction of sp³-hybridized carbons (Fsp3) is 0.167. The van der Waals surface area contributed by atoms with E-state index in [4.69, 9.17) is 0 Å². The van der Waals surface area contributed by atoms with Crippen molar-refractivity contribution in [3.63, 3.8) is 0 Å². The molecule has 0 radical (unpaired) electrons. The van der Waals surface area contributed by atoms with Gasteiger partial charge in [0.2, 0.25) is 15.9 Å². The van der Waals surface area contributed by atoms with Crippen molar-refractivity contribution in [3.8, 4) is 0 Å². The Morgan fingerprint density at radius 1 is 1.07 bits per heavy atom. The van der Waals surface area contributed by atoms with Crippen LogP contribution in [-0.2, 0) is 21.4 Å². The van der Waals surface area contributed by atoms with E-state index in [1.807, 2.05) is 0 Å². The monoisotopic (exact) mass is 402 g/mol. The number of amides is 1. The predicted molar refractivity (Wildman–Crippen MR) is 105 cm³/mol. The molecule has 0 atom stereocenters. The minimum Gasteiger partial charge on any atom is -0.324 e. The van der Waals surface area contributed by atoms with E-state index in [1.54, 1.807) is 12.1 Å². The highest BCUT2D eigenvalue weighted by molar-refractivity contribution is 7.89. The minimum absolute atomic E-state index is 0.0200. The molecule has 10 heteroatoms. The molecule has 1 aromatic heterocycles. The van der Waals surface area contributed by atoms with E-state index in [9.17, 15) is 22.8 Å². The average Bonchev–Trinajstić information content (AvgIpc) is 2.66. The van der Waals surface area contributed by atoms with Gasteiger partial charge < -0.3 is 5.32 Å². The zero-order valence-corrected chi connectivity index (χ0v) is 16.0. The van der Waals surface area contributed by atoms with E-state index >= 15 is 0 Å². The number of rotatable bonds is 5. The van der Waals surface area contributed by atoms with E-state index < -0.39 is 33.6 Å². The lowest BCUT2D eigenvalue weighted by molar-refractivity contribution is -0.117. The number of nitrogens with one attached hydrogen (secondary N) is 2. The van der Waals surface area contributed by atoms with Crippen LogP contribution in [0.25, 0.3) is 10.8 Å². The Bertz CT molecular complexity index is 1270. The number of H-pyrrole nitrogens is 1. The van der Waals surface area contributed by atoms with Crippen molar-refractivity contribution >= 4 is 32.4 Å². The number of aromatic amines is 1. The molecule has 0 aliphatic heterocycles. The Balaban J connectivity index is 1.86. The zero-order chi connectivity index (χ0) is 20.5. The highest BCUT2D eigenvalue weighted by atomic mass is 32.2. The van der Waals surface area contributed by atoms with Crippen LogP contribution in [0.4, 0.5) is 5.69 Å². The van der Waals surface area contributed by atoms with Crippen LogP contribution in [0.1, 0.15) is 0 Å². The van der Waals surface area contributed by atoms with Gasteiger partial charge in [-0.15, -0.1) is 0 Å². The van der Waals surface area contributed by atoms with E-state index in [0.717, 1.165) is 8.99 Å². The van der Waals surface area contributed by atoms with Crippen molar-refractivity contribution in [3.05, 3.63) is 69.2 Å². The molecule has 0 saturated carbocycles. The molecule has 9 nitrogen and oxygen atoms in total. The first-order valence-corrected chi connectivity index (χ1v) is 9.68. The van der Waals surface area contributed by atoms with Gasteiger partial charge in [0.1, 0.15) is 6.54 Å². The largest absolute Gasteiger partial charge is 0.324 e. The molecule has 2 aromatic carbocycles. The summed E-state index contributed by atoms with van der Waals surface area (Å²) in [7, 11) is -0.840. The lowest BCUT2D eigenvalue weighted by Crippen LogP contribution is -2.34. The minimum atomic E-state index is -3.65. The Labute approximate surface area is 160 Å². The molecule has 3 aromatic rings. The second-order valence-electron chi connectivity index (χ2n) is 6.24. The van der Waals surface area contributed by atoms with E-state index in [0.29, 0.717) is 0 Å². The van der Waals surface area contributed by atoms with Gasteiger partial charge in [0.25, 0.3) is 11.1 Å². The Morgan fingerprint density at radius 2 is 1.75 bits per heavy atom. The molecule has 1 amide bonds. The molecule has 146 valence electrons. The second kappa shape index (κ2) is 7.41. The van der Waals surface area contributed by atoms with Crippen molar-refractivity contribution in [2.75, 3.05) is 19.4 Å². The molecule has 0 fully saturated rings. The summed E-state index contributed by atoms with van der Waals surface area (Å²) in [6.07, 6.45) is 0. The fourth-order valence-electron chi connectivity index (χ4n) is 2.65. The number of anilines is 1. The lowest BCUT2D eigenvalue weighted by Gasteiger charge is -2.13. The normalized spacial score (nSPS) is 11.7. The summed E-state index contributed by atoms with van der Waals surface area (Å²) in [5.74, 6) is -0.590. The summed E-state index contributed by atoms with van der Waals surface area (Å²) < 4.78 is 26.4. The average molecular weight is 402 g/mol. The van der Waals surface area contributed by atoms with Crippen LogP contribution >= 0.6 is 0 Å². The molecule has 0 bridgehead atoms. The fourth-order valence-corrected chi connectivity index (χ4v) is 3.60. The zero-order valence-electron chi connectivity index (χ0n) is 15.2. The molecule has 0 unspecified atom stereocenters. The molecule has 3 rings (SSSR count). The number of benzene rings is 2. The van der Waals surface area contributed by atoms with E-state index in [1.165, 1.54) is 50.5 Å². The van der Waals surface area contributed by atoms with Gasteiger partial charge in [-0.25, -0.2) is 17.4 Å². The summed E-state index contributed by atoms with van der Waals surface area (Å²) >= 11 is 0. The van der Waals surface area contributed by atoms with Crippen molar-refractivity contribution in [1.29, 1.82) is 0 Å². The number of fused-ring (bicyclic) bond motifs is 1. The Hall–Kier alpha value is -3.24. The van der Waals surface area contributed by atoms with Crippen LogP contribution in [-0.4, -0.2) is 42.5 Å². The maximum atomic E-state index is 12.5. The van der Waals surface area contributed by atoms with Crippen LogP contribution in [0, 0.1) is 0 Å². The third kappa shape index (κ3) is 3.73. The van der Waals surface area contributed by atoms with Crippen LogP contribution in [0.2, 0.25) is 0 Å². The van der Waals surface area contributed by atoms with E-state index in [2.05, 4.69) is 10.4 Å². The predicted octanol–water partition coefficient (Wildman–Crippen LogP) is 0.579. The third-order valence-electron chi connectivity index (χ3n) is 4.08. The molecule has 28 heavy (non-hydrogen) atoms. The van der Waals surface area contributed by atoms with Crippen molar-refractivity contribution < 1.29 is 13.2 Å². The Kier molecular flexibility index (Phi) is 5.16. The van der Waals surface area contributed by atoms with Crippen molar-refractivity contribution in [2.45, 2.75) is 11.4 Å². The van der Waals surface area contributed by atoms with E-state index in [-0.39, 0.29) is 21.4 Å². The second-order valence-corrected chi connectivity index (χ2v) is 8.39. The van der Waals surface area contributed by atoms with Gasteiger partial charge in [0.05, 0.1) is 15.7 Å². The molecular weight excluding hydrogens is 384 g/mol. The highest BCUT2D eigenvalue weighted by Crippen LogP contribution is 2.18. The smallest absolute Gasteiger partial charge is 0.273 e. The maximum Gasteiger partial charge on any atom is 0.273 e. The standard InChI is InChI=1S/C18H18N4O5S/c1-21(2)28(26,27)13-7-5-6-12(10-13)19-16(23)11-22-18(25)15-9-4-3-8-14(15)17(24)20-22/h3-10H,11H2,1-2H3,(H,19,23)(H,20,24). The molecule has 0 aliphatic rings. The molecule has 0 saturated heterocycles. The molecule has 1 heterocycles. The summed E-state index contributed by atoms with van der Waals surface area (Å²) in [4.78, 5) is 36.9. The SMILES string of the molecule is CN(C)S(=O)(=O)c1cccc(NC(=O)Cn2[nH]c(=O)c3ccccc3c2=O)c1. The number of carbonyl (C=O) groups is 1. The van der Waals surface area contributed by atoms with Crippen LogP contribution in [0.5, 0.6) is 0 Å². The first-order valence-electron chi connectivity index (χ1n) is 8.24. The number of carbonyl (C=O) groups excluding carboxylic acids is 1. The number of aromatic nitrogens is 2. The number of hydrogen-bond donors (Lipinski definition) is 2. The lowest BCUT2D eigenvalue weighted by atomic mass is 10.2. The van der Waals surface area contributed by atoms with Gasteiger partial charge >= 0.3 is 0 Å².